The van der Waals surface area contributed by atoms with Crippen LogP contribution in [-0.4, -0.2) is 6.04 Å². The van der Waals surface area contributed by atoms with Crippen molar-refractivity contribution in [3.63, 3.8) is 0 Å². The van der Waals surface area contributed by atoms with E-state index in [2.05, 4.69) is 5.32 Å². The maximum atomic E-state index is 4.11. The number of hydrogen-bond acceptors (Lipinski definition) is 1. The minimum absolute atomic E-state index is 0.878. The molecule has 5 rings (SSSR count). The summed E-state index contributed by atoms with van der Waals surface area (Å²) in [5.41, 5.74) is 3.55. The maximum absolute atomic E-state index is 4.11. The highest BCUT2D eigenvalue weighted by Crippen LogP contribution is 2.59. The number of hydrogen-bond donors (Lipinski definition) is 1. The smallest absolute Gasteiger partial charge is 0.0323 e. The Balaban J connectivity index is 1.49. The highest BCUT2D eigenvalue weighted by molar-refractivity contribution is 5.24. The van der Waals surface area contributed by atoms with Crippen molar-refractivity contribution >= 4 is 0 Å². The zero-order chi connectivity index (χ0) is 13.1. The molecule has 3 saturated carbocycles. The van der Waals surface area contributed by atoms with Gasteiger partial charge in [-0.2, -0.15) is 0 Å². The second-order valence-corrected chi connectivity index (χ2v) is 8.35. The lowest BCUT2D eigenvalue weighted by atomic mass is 9.64. The molecule has 5 aliphatic rings. The predicted octanol–water partition coefficient (Wildman–Crippen LogP) is 4.64. The monoisotopic (exact) mass is 271 g/mol. The first kappa shape index (κ1) is 12.1. The zero-order valence-electron chi connectivity index (χ0n) is 12.7. The van der Waals surface area contributed by atoms with Crippen molar-refractivity contribution in [1.82, 2.24) is 5.32 Å². The minimum Gasteiger partial charge on any atom is -0.385 e. The van der Waals surface area contributed by atoms with Gasteiger partial charge in [-0.05, 0) is 74.5 Å². The van der Waals surface area contributed by atoms with E-state index in [1.165, 1.54) is 51.4 Å². The van der Waals surface area contributed by atoms with Gasteiger partial charge in [-0.1, -0.05) is 31.3 Å². The average molecular weight is 271 g/mol. The molecule has 0 radical (unpaired) electrons. The molecule has 1 nitrogen and oxygen atoms in total. The zero-order valence-corrected chi connectivity index (χ0v) is 12.7. The van der Waals surface area contributed by atoms with Crippen LogP contribution in [0.5, 0.6) is 0 Å². The lowest BCUT2D eigenvalue weighted by Crippen LogP contribution is -2.43. The third-order valence-corrected chi connectivity index (χ3v) is 7.64. The van der Waals surface area contributed by atoms with Crippen LogP contribution < -0.4 is 5.32 Å². The van der Waals surface area contributed by atoms with Gasteiger partial charge in [-0.15, -0.1) is 0 Å². The summed E-state index contributed by atoms with van der Waals surface area (Å²) in [6, 6.07) is 0.878. The van der Waals surface area contributed by atoms with Gasteiger partial charge < -0.3 is 5.32 Å². The van der Waals surface area contributed by atoms with Gasteiger partial charge in [-0.3, -0.25) is 0 Å². The minimum atomic E-state index is 0.878. The third kappa shape index (κ3) is 1.61. The van der Waals surface area contributed by atoms with Crippen molar-refractivity contribution in [2.45, 2.75) is 76.7 Å². The Labute approximate surface area is 123 Å². The fourth-order valence-electron chi connectivity index (χ4n) is 7.01. The normalized spacial score (nSPS) is 50.0. The predicted molar refractivity (Wildman–Crippen MR) is 82.2 cm³/mol. The molecule has 1 heteroatoms. The van der Waals surface area contributed by atoms with E-state index in [-0.39, 0.29) is 0 Å². The number of allylic oxidation sites excluding steroid dienone is 2. The summed E-state index contributed by atoms with van der Waals surface area (Å²) in [4.78, 5) is 0. The molecule has 0 amide bonds. The van der Waals surface area contributed by atoms with Crippen molar-refractivity contribution in [2.75, 3.05) is 0 Å². The molecule has 6 atom stereocenters. The molecule has 1 heterocycles. The van der Waals surface area contributed by atoms with E-state index >= 15 is 0 Å². The lowest BCUT2D eigenvalue weighted by molar-refractivity contribution is 0.0841. The number of fused-ring (bicyclic) bond motifs is 3. The van der Waals surface area contributed by atoms with Crippen molar-refractivity contribution in [3.05, 3.63) is 11.3 Å². The van der Waals surface area contributed by atoms with Crippen molar-refractivity contribution < 1.29 is 0 Å². The van der Waals surface area contributed by atoms with Gasteiger partial charge >= 0.3 is 0 Å². The van der Waals surface area contributed by atoms with Gasteiger partial charge in [0.05, 0.1) is 0 Å². The van der Waals surface area contributed by atoms with Crippen LogP contribution in [0.25, 0.3) is 0 Å². The van der Waals surface area contributed by atoms with Gasteiger partial charge in [-0.25, -0.2) is 0 Å². The van der Waals surface area contributed by atoms with Crippen LogP contribution in [-0.2, 0) is 0 Å². The fourth-order valence-corrected chi connectivity index (χ4v) is 7.01. The summed E-state index contributed by atoms with van der Waals surface area (Å²) in [6.45, 7) is 0. The molecule has 0 saturated heterocycles. The molecule has 0 aromatic rings. The molecular weight excluding hydrogens is 242 g/mol. The van der Waals surface area contributed by atoms with Crippen LogP contribution in [0.3, 0.4) is 0 Å². The summed E-state index contributed by atoms with van der Waals surface area (Å²) in [5, 5.41) is 4.11. The Hall–Kier alpha value is -0.460. The first-order valence-electron chi connectivity index (χ1n) is 9.39. The third-order valence-electron chi connectivity index (χ3n) is 7.64. The van der Waals surface area contributed by atoms with Crippen LogP contribution in [0.1, 0.15) is 70.6 Å². The molecule has 0 aromatic heterocycles. The summed E-state index contributed by atoms with van der Waals surface area (Å²) in [6.07, 6.45) is 16.4. The average Bonchev–Trinajstić information content (AvgIpc) is 2.82. The molecule has 20 heavy (non-hydrogen) atoms. The first-order valence-corrected chi connectivity index (χ1v) is 9.39. The Morgan fingerprint density at radius 2 is 1.55 bits per heavy atom. The van der Waals surface area contributed by atoms with Crippen molar-refractivity contribution in [3.8, 4) is 0 Å². The van der Waals surface area contributed by atoms with Crippen LogP contribution in [0.4, 0.5) is 0 Å². The van der Waals surface area contributed by atoms with E-state index in [0.717, 1.165) is 35.6 Å². The van der Waals surface area contributed by atoms with Gasteiger partial charge in [0.15, 0.2) is 0 Å². The molecule has 4 aliphatic carbocycles. The quantitative estimate of drug-likeness (QED) is 0.677. The molecule has 0 bridgehead atoms. The first-order chi connectivity index (χ1) is 9.92. The Bertz CT molecular complexity index is 399. The van der Waals surface area contributed by atoms with Gasteiger partial charge in [0.2, 0.25) is 0 Å². The molecule has 110 valence electrons. The molecule has 1 aliphatic heterocycles. The molecular formula is C19H29N. The largest absolute Gasteiger partial charge is 0.385 e. The van der Waals surface area contributed by atoms with Crippen molar-refractivity contribution in [2.24, 2.45) is 29.6 Å². The molecule has 3 fully saturated rings. The topological polar surface area (TPSA) is 12.0 Å². The number of rotatable bonds is 0. The Morgan fingerprint density at radius 3 is 2.45 bits per heavy atom. The summed E-state index contributed by atoms with van der Waals surface area (Å²) in [5.74, 6) is 5.37. The van der Waals surface area contributed by atoms with E-state index in [9.17, 15) is 0 Å². The SMILES string of the molecule is C1CCC2=C(C1)CC1C3CCCC4CCCC(C43)[C@H]1N2. The van der Waals surface area contributed by atoms with E-state index in [4.69, 9.17) is 0 Å². The van der Waals surface area contributed by atoms with E-state index in [1.54, 1.807) is 25.0 Å². The summed E-state index contributed by atoms with van der Waals surface area (Å²) >= 11 is 0. The standard InChI is InChI=1S/C19H29N/c1-2-10-17-13(5-1)11-16-14-8-3-6-12-7-4-9-15(18(12)14)19(16)20-17/h12,14-16,18-20H,1-11H2/t12?,14?,15?,16?,18?,19-/m1/s1. The van der Waals surface area contributed by atoms with Crippen molar-refractivity contribution in [1.29, 1.82) is 0 Å². The molecule has 0 spiro atoms. The van der Waals surface area contributed by atoms with Crippen LogP contribution in [0.2, 0.25) is 0 Å². The van der Waals surface area contributed by atoms with Crippen LogP contribution >= 0.6 is 0 Å². The van der Waals surface area contributed by atoms with E-state index in [0.29, 0.717) is 0 Å². The fraction of sp³-hybridized carbons (Fsp3) is 0.895. The van der Waals surface area contributed by atoms with Gasteiger partial charge in [0, 0.05) is 11.7 Å². The highest BCUT2D eigenvalue weighted by atomic mass is 15.0. The molecule has 5 unspecified atom stereocenters. The Morgan fingerprint density at radius 1 is 0.750 bits per heavy atom. The molecule has 0 aromatic carbocycles. The van der Waals surface area contributed by atoms with Gasteiger partial charge in [0.25, 0.3) is 0 Å². The second kappa shape index (κ2) is 4.52. The van der Waals surface area contributed by atoms with E-state index in [1.807, 2.05) is 5.57 Å². The van der Waals surface area contributed by atoms with E-state index < -0.39 is 0 Å². The second-order valence-electron chi connectivity index (χ2n) is 8.35. The van der Waals surface area contributed by atoms with Crippen LogP contribution in [0.15, 0.2) is 11.3 Å². The summed E-state index contributed by atoms with van der Waals surface area (Å²) < 4.78 is 0. The highest BCUT2D eigenvalue weighted by Gasteiger charge is 2.55. The van der Waals surface area contributed by atoms with Gasteiger partial charge in [0.1, 0.15) is 0 Å². The summed E-state index contributed by atoms with van der Waals surface area (Å²) in [7, 11) is 0. The van der Waals surface area contributed by atoms with Crippen LogP contribution in [0, 0.1) is 29.6 Å². The lowest BCUT2D eigenvalue weighted by Gasteiger charge is -2.41. The Kier molecular flexibility index (Phi) is 2.74. The molecule has 1 N–H and O–H groups in total. The number of nitrogens with one attached hydrogen (secondary N) is 1. The maximum Gasteiger partial charge on any atom is 0.0323 e.